The second kappa shape index (κ2) is 6.56. The molecule has 1 atom stereocenters. The summed E-state index contributed by atoms with van der Waals surface area (Å²) >= 11 is 0. The van der Waals surface area contributed by atoms with Gasteiger partial charge in [0.25, 0.3) is 0 Å². The Morgan fingerprint density at radius 1 is 1.12 bits per heavy atom. The lowest BCUT2D eigenvalue weighted by Crippen LogP contribution is -2.53. The van der Waals surface area contributed by atoms with Gasteiger partial charge in [-0.2, -0.15) is 13.2 Å². The summed E-state index contributed by atoms with van der Waals surface area (Å²) in [5.74, 6) is 0. The highest BCUT2D eigenvalue weighted by Gasteiger charge is 2.40. The van der Waals surface area contributed by atoms with Crippen molar-refractivity contribution in [1.29, 1.82) is 0 Å². The van der Waals surface area contributed by atoms with Crippen LogP contribution in [0.15, 0.2) is 0 Å². The molecule has 3 nitrogen and oxygen atoms in total. The summed E-state index contributed by atoms with van der Waals surface area (Å²) in [5, 5.41) is 8.65. The Morgan fingerprint density at radius 2 is 1.71 bits per heavy atom. The van der Waals surface area contributed by atoms with Crippen molar-refractivity contribution >= 4 is 0 Å². The van der Waals surface area contributed by atoms with Crippen molar-refractivity contribution in [3.63, 3.8) is 0 Å². The molecular formula is C11H21F3N2O. The van der Waals surface area contributed by atoms with Crippen molar-refractivity contribution in [3.8, 4) is 0 Å². The number of nitrogens with zero attached hydrogens (tertiary/aromatic N) is 2. The minimum Gasteiger partial charge on any atom is -0.396 e. The van der Waals surface area contributed by atoms with E-state index in [-0.39, 0.29) is 6.61 Å². The van der Waals surface area contributed by atoms with E-state index in [1.807, 2.05) is 0 Å². The summed E-state index contributed by atoms with van der Waals surface area (Å²) in [4.78, 5) is 3.65. The molecule has 1 rings (SSSR count). The van der Waals surface area contributed by atoms with Crippen LogP contribution in [0.2, 0.25) is 0 Å². The molecule has 0 aromatic carbocycles. The Bertz CT molecular complexity index is 215. The van der Waals surface area contributed by atoms with Crippen molar-refractivity contribution in [2.45, 2.75) is 32.0 Å². The van der Waals surface area contributed by atoms with Crippen molar-refractivity contribution in [2.24, 2.45) is 0 Å². The van der Waals surface area contributed by atoms with E-state index in [1.54, 1.807) is 0 Å². The molecule has 1 unspecified atom stereocenters. The third-order valence-corrected chi connectivity index (χ3v) is 3.31. The number of halogens is 3. The molecule has 1 aliphatic rings. The zero-order valence-electron chi connectivity index (χ0n) is 10.2. The highest BCUT2D eigenvalue weighted by Crippen LogP contribution is 2.25. The second-order valence-electron chi connectivity index (χ2n) is 4.53. The maximum absolute atomic E-state index is 12.5. The molecule has 0 amide bonds. The minimum atomic E-state index is -4.13. The maximum atomic E-state index is 12.5. The molecule has 0 aromatic rings. The summed E-state index contributed by atoms with van der Waals surface area (Å²) < 4.78 is 37.5. The SMILES string of the molecule is CC(N1CCN(CCCCO)CC1)C(F)(F)F. The summed E-state index contributed by atoms with van der Waals surface area (Å²) in [6.45, 7) is 4.60. The predicted molar refractivity (Wildman–Crippen MR) is 59.8 cm³/mol. The molecule has 1 aliphatic heterocycles. The molecule has 0 aliphatic carbocycles. The molecule has 0 aromatic heterocycles. The van der Waals surface area contributed by atoms with Gasteiger partial charge < -0.3 is 10.0 Å². The van der Waals surface area contributed by atoms with Gasteiger partial charge in [0.1, 0.15) is 6.04 Å². The van der Waals surface area contributed by atoms with Crippen LogP contribution in [0.1, 0.15) is 19.8 Å². The largest absolute Gasteiger partial charge is 0.403 e. The van der Waals surface area contributed by atoms with Gasteiger partial charge >= 0.3 is 6.18 Å². The van der Waals surface area contributed by atoms with Crippen molar-refractivity contribution in [1.82, 2.24) is 9.80 Å². The van der Waals surface area contributed by atoms with E-state index in [9.17, 15) is 13.2 Å². The Balaban J connectivity index is 2.26. The van der Waals surface area contributed by atoms with Crippen LogP contribution in [0.5, 0.6) is 0 Å². The lowest BCUT2D eigenvalue weighted by Gasteiger charge is -2.38. The van der Waals surface area contributed by atoms with E-state index in [1.165, 1.54) is 11.8 Å². The summed E-state index contributed by atoms with van der Waals surface area (Å²) in [6.07, 6.45) is -2.45. The van der Waals surface area contributed by atoms with Crippen LogP contribution in [0, 0.1) is 0 Å². The van der Waals surface area contributed by atoms with Crippen LogP contribution >= 0.6 is 0 Å². The Labute approximate surface area is 100 Å². The number of piperazine rings is 1. The lowest BCUT2D eigenvalue weighted by atomic mass is 10.2. The van der Waals surface area contributed by atoms with Gasteiger partial charge in [-0.15, -0.1) is 0 Å². The van der Waals surface area contributed by atoms with E-state index in [0.29, 0.717) is 26.2 Å². The quantitative estimate of drug-likeness (QED) is 0.750. The first-order valence-electron chi connectivity index (χ1n) is 6.09. The number of alkyl halides is 3. The van der Waals surface area contributed by atoms with Gasteiger partial charge in [-0.05, 0) is 26.3 Å². The first-order chi connectivity index (χ1) is 7.95. The van der Waals surface area contributed by atoms with Crippen molar-refractivity contribution < 1.29 is 18.3 Å². The van der Waals surface area contributed by atoms with Crippen LogP contribution in [-0.2, 0) is 0 Å². The zero-order chi connectivity index (χ0) is 12.9. The summed E-state index contributed by atoms with van der Waals surface area (Å²) in [7, 11) is 0. The Hall–Kier alpha value is -0.330. The van der Waals surface area contributed by atoms with Gasteiger partial charge in [0.05, 0.1) is 0 Å². The van der Waals surface area contributed by atoms with Crippen molar-refractivity contribution in [2.75, 3.05) is 39.3 Å². The smallest absolute Gasteiger partial charge is 0.396 e. The van der Waals surface area contributed by atoms with Crippen LogP contribution in [0.4, 0.5) is 13.2 Å². The van der Waals surface area contributed by atoms with Gasteiger partial charge in [-0.1, -0.05) is 0 Å². The van der Waals surface area contributed by atoms with E-state index >= 15 is 0 Å². The van der Waals surface area contributed by atoms with Crippen LogP contribution in [0.3, 0.4) is 0 Å². The van der Waals surface area contributed by atoms with Gasteiger partial charge in [-0.25, -0.2) is 0 Å². The topological polar surface area (TPSA) is 26.7 Å². The van der Waals surface area contributed by atoms with Gasteiger partial charge in [0, 0.05) is 32.8 Å². The van der Waals surface area contributed by atoms with E-state index in [2.05, 4.69) is 4.90 Å². The van der Waals surface area contributed by atoms with Gasteiger partial charge in [0.15, 0.2) is 0 Å². The number of aliphatic hydroxyl groups is 1. The van der Waals surface area contributed by atoms with Gasteiger partial charge in [0.2, 0.25) is 0 Å². The van der Waals surface area contributed by atoms with E-state index in [0.717, 1.165) is 19.4 Å². The number of rotatable bonds is 5. The van der Waals surface area contributed by atoms with Crippen molar-refractivity contribution in [3.05, 3.63) is 0 Å². The average Bonchev–Trinajstić information content (AvgIpc) is 2.28. The number of aliphatic hydroxyl groups excluding tert-OH is 1. The normalized spacial score (nSPS) is 21.7. The molecule has 1 fully saturated rings. The molecule has 102 valence electrons. The fourth-order valence-corrected chi connectivity index (χ4v) is 2.03. The summed E-state index contributed by atoms with van der Waals surface area (Å²) in [6, 6.07) is -1.35. The molecule has 0 spiro atoms. The predicted octanol–water partition coefficient (Wildman–Crippen LogP) is 1.33. The number of hydrogen-bond acceptors (Lipinski definition) is 3. The second-order valence-corrected chi connectivity index (χ2v) is 4.53. The monoisotopic (exact) mass is 254 g/mol. The molecule has 6 heteroatoms. The maximum Gasteiger partial charge on any atom is 0.403 e. The number of hydrogen-bond donors (Lipinski definition) is 1. The highest BCUT2D eigenvalue weighted by atomic mass is 19.4. The van der Waals surface area contributed by atoms with Crippen LogP contribution in [0.25, 0.3) is 0 Å². The fourth-order valence-electron chi connectivity index (χ4n) is 2.03. The van der Waals surface area contributed by atoms with E-state index < -0.39 is 12.2 Å². The van der Waals surface area contributed by atoms with Crippen LogP contribution < -0.4 is 0 Å². The Kier molecular flexibility index (Phi) is 5.69. The molecule has 1 saturated heterocycles. The summed E-state index contributed by atoms with van der Waals surface area (Å²) in [5.41, 5.74) is 0. The first kappa shape index (κ1) is 14.7. The molecule has 0 radical (unpaired) electrons. The van der Waals surface area contributed by atoms with Crippen LogP contribution in [-0.4, -0.2) is 66.5 Å². The molecule has 1 N–H and O–H groups in total. The van der Waals surface area contributed by atoms with Gasteiger partial charge in [-0.3, -0.25) is 4.90 Å². The molecule has 0 saturated carbocycles. The minimum absolute atomic E-state index is 0.186. The Morgan fingerprint density at radius 3 is 2.18 bits per heavy atom. The standard InChI is InChI=1S/C11H21F3N2O/c1-10(11(12,13)14)16-7-5-15(6-8-16)4-2-3-9-17/h10,17H,2-9H2,1H3. The lowest BCUT2D eigenvalue weighted by molar-refractivity contribution is -0.182. The number of unbranched alkanes of at least 4 members (excludes halogenated alkanes) is 1. The first-order valence-corrected chi connectivity index (χ1v) is 6.09. The molecular weight excluding hydrogens is 233 g/mol. The fraction of sp³-hybridized carbons (Fsp3) is 1.00. The molecule has 0 bridgehead atoms. The third kappa shape index (κ3) is 4.81. The molecule has 1 heterocycles. The average molecular weight is 254 g/mol. The zero-order valence-corrected chi connectivity index (χ0v) is 10.2. The molecule has 17 heavy (non-hydrogen) atoms. The highest BCUT2D eigenvalue weighted by molar-refractivity contribution is 4.80. The third-order valence-electron chi connectivity index (χ3n) is 3.31. The van der Waals surface area contributed by atoms with E-state index in [4.69, 9.17) is 5.11 Å².